The van der Waals surface area contributed by atoms with Crippen molar-refractivity contribution in [1.29, 1.82) is 0 Å². The van der Waals surface area contributed by atoms with Crippen molar-refractivity contribution in [2.24, 2.45) is 5.92 Å². The summed E-state index contributed by atoms with van der Waals surface area (Å²) < 4.78 is 29.0. The number of carbonyl (C=O) groups is 1. The lowest BCUT2D eigenvalue weighted by Crippen LogP contribution is -2.43. The zero-order valence-corrected chi connectivity index (χ0v) is 13.6. The number of likely N-dealkylation sites (N-methyl/N-ethyl adjacent to an activating group) is 1. The van der Waals surface area contributed by atoms with Crippen molar-refractivity contribution in [3.05, 3.63) is 23.7 Å². The van der Waals surface area contributed by atoms with Crippen LogP contribution in [-0.2, 0) is 21.1 Å². The van der Waals surface area contributed by atoms with Crippen molar-refractivity contribution in [2.45, 2.75) is 25.3 Å². The monoisotopic (exact) mass is 326 g/mol. The average molecular weight is 326 g/mol. The van der Waals surface area contributed by atoms with Gasteiger partial charge in [0, 0.05) is 13.1 Å². The number of carbonyl (C=O) groups excluding carboxylic acids is 1. The van der Waals surface area contributed by atoms with Crippen LogP contribution in [0.3, 0.4) is 0 Å². The van der Waals surface area contributed by atoms with Crippen LogP contribution >= 0.6 is 0 Å². The van der Waals surface area contributed by atoms with Gasteiger partial charge in [-0.15, -0.1) is 0 Å². The second-order valence-corrected chi connectivity index (χ2v) is 8.42. The lowest BCUT2D eigenvalue weighted by molar-refractivity contribution is -0.134. The number of amides is 1. The molecule has 7 heteroatoms. The predicted molar refractivity (Wildman–Crippen MR) is 82.2 cm³/mol. The molecule has 2 aliphatic heterocycles. The van der Waals surface area contributed by atoms with Crippen LogP contribution in [0.1, 0.15) is 30.2 Å². The summed E-state index contributed by atoms with van der Waals surface area (Å²) in [7, 11) is -1.20. The van der Waals surface area contributed by atoms with Gasteiger partial charge in [0.25, 0.3) is 0 Å². The fourth-order valence-corrected chi connectivity index (χ4v) is 5.24. The number of nitrogens with zero attached hydrogens (tertiary/aromatic N) is 1. The average Bonchev–Trinajstić information content (AvgIpc) is 2.87. The quantitative estimate of drug-likeness (QED) is 0.887. The maximum atomic E-state index is 12.7. The van der Waals surface area contributed by atoms with Crippen LogP contribution in [0, 0.1) is 5.92 Å². The Morgan fingerprint density at radius 1 is 1.45 bits per heavy atom. The van der Waals surface area contributed by atoms with Crippen molar-refractivity contribution in [3.63, 3.8) is 0 Å². The van der Waals surface area contributed by atoms with Crippen molar-refractivity contribution in [1.82, 2.24) is 10.2 Å². The van der Waals surface area contributed by atoms with Crippen LogP contribution in [0.5, 0.6) is 0 Å². The molecule has 22 heavy (non-hydrogen) atoms. The minimum atomic E-state index is -2.94. The van der Waals surface area contributed by atoms with E-state index in [2.05, 4.69) is 5.32 Å². The third-order valence-electron chi connectivity index (χ3n) is 4.58. The topological polar surface area (TPSA) is 79.6 Å². The van der Waals surface area contributed by atoms with Gasteiger partial charge in [0.1, 0.15) is 11.8 Å². The third-order valence-corrected chi connectivity index (χ3v) is 6.47. The van der Waals surface area contributed by atoms with Gasteiger partial charge in [-0.05, 0) is 43.9 Å². The SMILES string of the molecule is CNC1C(=O)N(CC2CCCS(=O)(=O)C2)CCc2ccoc21. The Balaban J connectivity index is 1.75. The molecular formula is C15H22N2O4S. The fourth-order valence-electron chi connectivity index (χ4n) is 3.48. The summed E-state index contributed by atoms with van der Waals surface area (Å²) in [5, 5.41) is 3.02. The zero-order chi connectivity index (χ0) is 15.7. The lowest BCUT2D eigenvalue weighted by atomic mass is 10.0. The Bertz CT molecular complexity index is 652. The van der Waals surface area contributed by atoms with E-state index in [1.165, 1.54) is 0 Å². The predicted octanol–water partition coefficient (Wildman–Crippen LogP) is 0.750. The van der Waals surface area contributed by atoms with E-state index in [-0.39, 0.29) is 23.3 Å². The second kappa shape index (κ2) is 6.04. The number of furan rings is 1. The molecular weight excluding hydrogens is 304 g/mol. The minimum Gasteiger partial charge on any atom is -0.467 e. The fraction of sp³-hybridized carbons (Fsp3) is 0.667. The molecule has 0 saturated carbocycles. The molecule has 122 valence electrons. The maximum Gasteiger partial charge on any atom is 0.247 e. The van der Waals surface area contributed by atoms with Crippen molar-refractivity contribution in [3.8, 4) is 0 Å². The zero-order valence-electron chi connectivity index (χ0n) is 12.7. The maximum absolute atomic E-state index is 12.7. The van der Waals surface area contributed by atoms with Gasteiger partial charge in [-0.1, -0.05) is 0 Å². The van der Waals surface area contributed by atoms with E-state index in [4.69, 9.17) is 4.42 Å². The highest BCUT2D eigenvalue weighted by Crippen LogP contribution is 2.27. The summed E-state index contributed by atoms with van der Waals surface area (Å²) in [6, 6.07) is 1.43. The Labute approximate surface area is 130 Å². The van der Waals surface area contributed by atoms with E-state index >= 15 is 0 Å². The highest BCUT2D eigenvalue weighted by Gasteiger charge is 2.34. The van der Waals surface area contributed by atoms with Gasteiger partial charge >= 0.3 is 0 Å². The van der Waals surface area contributed by atoms with E-state index in [1.807, 2.05) is 6.07 Å². The van der Waals surface area contributed by atoms with Crippen LogP contribution in [0.2, 0.25) is 0 Å². The van der Waals surface area contributed by atoms with Crippen LogP contribution in [0.4, 0.5) is 0 Å². The first-order valence-corrected chi connectivity index (χ1v) is 9.55. The molecule has 1 amide bonds. The standard InChI is InChI=1S/C15H22N2O4S/c1-16-13-14-12(5-7-21-14)4-6-17(15(13)18)9-11-3-2-8-22(19,20)10-11/h5,7,11,13,16H,2-4,6,8-10H2,1H3. The molecule has 1 fully saturated rings. The number of hydrogen-bond donors (Lipinski definition) is 1. The molecule has 0 spiro atoms. The molecule has 1 N–H and O–H groups in total. The minimum absolute atomic E-state index is 0.0285. The number of hydrogen-bond acceptors (Lipinski definition) is 5. The second-order valence-electron chi connectivity index (χ2n) is 6.19. The summed E-state index contributed by atoms with van der Waals surface area (Å²) in [6.07, 6.45) is 3.93. The van der Waals surface area contributed by atoms with Crippen molar-refractivity contribution < 1.29 is 17.6 Å². The summed E-state index contributed by atoms with van der Waals surface area (Å²) in [6.45, 7) is 1.13. The van der Waals surface area contributed by atoms with Gasteiger partial charge in [-0.25, -0.2) is 8.42 Å². The Morgan fingerprint density at radius 3 is 3.00 bits per heavy atom. The smallest absolute Gasteiger partial charge is 0.247 e. The largest absolute Gasteiger partial charge is 0.467 e. The van der Waals surface area contributed by atoms with Gasteiger partial charge in [0.05, 0.1) is 17.8 Å². The Hall–Kier alpha value is -1.34. The molecule has 1 saturated heterocycles. The first kappa shape index (κ1) is 15.6. The van der Waals surface area contributed by atoms with E-state index in [0.717, 1.165) is 18.4 Å². The van der Waals surface area contributed by atoms with E-state index in [0.29, 0.717) is 25.3 Å². The summed E-state index contributed by atoms with van der Waals surface area (Å²) >= 11 is 0. The first-order chi connectivity index (χ1) is 10.5. The summed E-state index contributed by atoms with van der Waals surface area (Å²) in [4.78, 5) is 14.5. The molecule has 2 unspecified atom stereocenters. The Kier molecular flexibility index (Phi) is 4.27. The van der Waals surface area contributed by atoms with Crippen molar-refractivity contribution >= 4 is 15.7 Å². The molecule has 2 atom stereocenters. The van der Waals surface area contributed by atoms with Gasteiger partial charge in [-0.3, -0.25) is 4.79 Å². The molecule has 3 heterocycles. The van der Waals surface area contributed by atoms with Crippen LogP contribution in [0.15, 0.2) is 16.7 Å². The van der Waals surface area contributed by atoms with Crippen LogP contribution in [-0.4, -0.2) is 50.9 Å². The Morgan fingerprint density at radius 2 is 2.27 bits per heavy atom. The van der Waals surface area contributed by atoms with Gasteiger partial charge < -0.3 is 14.6 Å². The van der Waals surface area contributed by atoms with Crippen LogP contribution < -0.4 is 5.32 Å². The number of fused-ring (bicyclic) bond motifs is 1. The molecule has 0 aromatic carbocycles. The summed E-state index contributed by atoms with van der Waals surface area (Å²) in [5.74, 6) is 1.19. The van der Waals surface area contributed by atoms with Gasteiger partial charge in [0.15, 0.2) is 9.84 Å². The molecule has 1 aromatic rings. The lowest BCUT2D eigenvalue weighted by Gasteiger charge is -2.30. The van der Waals surface area contributed by atoms with E-state index < -0.39 is 15.9 Å². The van der Waals surface area contributed by atoms with Crippen molar-refractivity contribution in [2.75, 3.05) is 31.6 Å². The van der Waals surface area contributed by atoms with E-state index in [1.54, 1.807) is 18.2 Å². The molecule has 0 radical (unpaired) electrons. The third kappa shape index (κ3) is 3.05. The van der Waals surface area contributed by atoms with Gasteiger partial charge in [0.2, 0.25) is 5.91 Å². The molecule has 2 aliphatic rings. The number of rotatable bonds is 3. The normalized spacial score (nSPS) is 28.2. The molecule has 3 rings (SSSR count). The first-order valence-electron chi connectivity index (χ1n) is 7.73. The highest BCUT2D eigenvalue weighted by molar-refractivity contribution is 7.91. The number of nitrogens with one attached hydrogen (secondary N) is 1. The molecule has 6 nitrogen and oxygen atoms in total. The molecule has 1 aromatic heterocycles. The molecule has 0 bridgehead atoms. The number of sulfone groups is 1. The highest BCUT2D eigenvalue weighted by atomic mass is 32.2. The van der Waals surface area contributed by atoms with Gasteiger partial charge in [-0.2, -0.15) is 0 Å². The van der Waals surface area contributed by atoms with Crippen LogP contribution in [0.25, 0.3) is 0 Å². The summed E-state index contributed by atoms with van der Waals surface area (Å²) in [5.41, 5.74) is 1.05. The molecule has 0 aliphatic carbocycles. The van der Waals surface area contributed by atoms with E-state index in [9.17, 15) is 13.2 Å².